The lowest BCUT2D eigenvalue weighted by atomic mass is 9.92. The van der Waals surface area contributed by atoms with Crippen LogP contribution in [-0.4, -0.2) is 83.7 Å². The van der Waals surface area contributed by atoms with Gasteiger partial charge in [-0.05, 0) is 39.5 Å². The summed E-state index contributed by atoms with van der Waals surface area (Å²) >= 11 is 0. The highest BCUT2D eigenvalue weighted by Gasteiger charge is 2.70. The average Bonchev–Trinajstić information content (AvgIpc) is 2.93. The first-order valence-corrected chi connectivity index (χ1v) is 14.7. The lowest BCUT2D eigenvalue weighted by Gasteiger charge is -2.43. The van der Waals surface area contributed by atoms with Gasteiger partial charge in [-0.2, -0.15) is 0 Å². The molecule has 0 aliphatic carbocycles. The Hall–Kier alpha value is -1.19. The van der Waals surface area contributed by atoms with Crippen molar-refractivity contribution in [1.29, 1.82) is 0 Å². The summed E-state index contributed by atoms with van der Waals surface area (Å²) in [5, 5.41) is 18.7. The zero-order valence-electron chi connectivity index (χ0n) is 22.2. The van der Waals surface area contributed by atoms with Crippen LogP contribution in [0.4, 0.5) is 0 Å². The number of sulfone groups is 1. The Morgan fingerprint density at radius 3 is 1.62 bits per heavy atom. The second kappa shape index (κ2) is 13.2. The molecular weight excluding hydrogens is 456 g/mol. The fourth-order valence-corrected chi connectivity index (χ4v) is 7.51. The highest BCUT2D eigenvalue weighted by atomic mass is 32.2. The molecular formula is C25H48N2O6S. The summed E-state index contributed by atoms with van der Waals surface area (Å²) in [5.74, 6) is -3.30. The number of carbonyl (C=O) groups excluding carboxylic acids is 2. The van der Waals surface area contributed by atoms with Gasteiger partial charge in [-0.25, -0.2) is 8.42 Å². The highest BCUT2D eigenvalue weighted by Crippen LogP contribution is 2.48. The van der Waals surface area contributed by atoms with Crippen molar-refractivity contribution in [1.82, 2.24) is 4.90 Å². The van der Waals surface area contributed by atoms with E-state index in [0.717, 1.165) is 4.90 Å². The lowest BCUT2D eigenvalue weighted by Crippen LogP contribution is -2.66. The fourth-order valence-electron chi connectivity index (χ4n) is 5.20. The molecule has 2 aliphatic rings. The molecule has 0 spiro atoms. The van der Waals surface area contributed by atoms with E-state index in [2.05, 4.69) is 27.7 Å². The number of aliphatic hydroxyl groups excluding tert-OH is 1. The summed E-state index contributed by atoms with van der Waals surface area (Å²) in [6.45, 7) is 16.9. The molecule has 1 N–H and O–H groups in total. The van der Waals surface area contributed by atoms with Crippen LogP contribution in [0.25, 0.3) is 0 Å². The van der Waals surface area contributed by atoms with E-state index in [1.807, 2.05) is 0 Å². The van der Waals surface area contributed by atoms with E-state index in [1.165, 1.54) is 95.9 Å². The molecule has 2 rings (SSSR count). The number of rotatable bonds is 14. The van der Waals surface area contributed by atoms with Crippen LogP contribution in [0.15, 0.2) is 0 Å². The molecule has 1 amide bonds. The van der Waals surface area contributed by atoms with Gasteiger partial charge in [0, 0.05) is 0 Å². The number of aliphatic carboxylic acids is 1. The first kappa shape index (κ1) is 30.8. The van der Waals surface area contributed by atoms with Crippen molar-refractivity contribution in [3.8, 4) is 0 Å². The Bertz CT molecular complexity index is 730. The number of β-lactam (4-membered cyclic amide) rings is 1. The number of carbonyl (C=O) groups is 2. The average molecular weight is 505 g/mol. The molecule has 2 saturated heterocycles. The van der Waals surface area contributed by atoms with E-state index in [1.54, 1.807) is 0 Å². The van der Waals surface area contributed by atoms with Crippen molar-refractivity contribution in [2.75, 3.05) is 32.8 Å². The number of fused-ring (bicyclic) bond motifs is 1. The third-order valence-corrected chi connectivity index (χ3v) is 10.4. The van der Waals surface area contributed by atoms with Crippen molar-refractivity contribution < 1.29 is 32.7 Å². The van der Waals surface area contributed by atoms with Crippen LogP contribution in [-0.2, 0) is 19.4 Å². The van der Waals surface area contributed by atoms with E-state index in [-0.39, 0.29) is 0 Å². The highest BCUT2D eigenvalue weighted by molar-refractivity contribution is 7.93. The zero-order chi connectivity index (χ0) is 26.2. The molecule has 0 aromatic heterocycles. The number of unbranched alkanes of at least 4 members (excludes halogenated alkanes) is 4. The molecule has 0 aromatic rings. The number of hydrogen-bond acceptors (Lipinski definition) is 6. The number of nitrogens with zero attached hydrogens (tertiary/aromatic N) is 2. The summed E-state index contributed by atoms with van der Waals surface area (Å²) < 4.78 is 24.0. The third-order valence-electron chi connectivity index (χ3n) is 7.54. The molecule has 0 unspecified atom stereocenters. The van der Waals surface area contributed by atoms with Gasteiger partial charge in [0.05, 0.1) is 55.5 Å². The maximum Gasteiger partial charge on any atom is 0.232 e. The Morgan fingerprint density at radius 1 is 0.941 bits per heavy atom. The molecule has 200 valence electrons. The van der Waals surface area contributed by atoms with Crippen LogP contribution in [0.3, 0.4) is 0 Å². The largest absolute Gasteiger partial charge is 0.548 e. The van der Waals surface area contributed by atoms with Gasteiger partial charge in [-0.15, -0.1) is 0 Å². The molecule has 0 saturated carbocycles. The minimum Gasteiger partial charge on any atom is -0.548 e. The first-order chi connectivity index (χ1) is 15.9. The molecule has 3 atom stereocenters. The molecule has 9 heteroatoms. The Balaban J connectivity index is 0.000000340. The monoisotopic (exact) mass is 504 g/mol. The van der Waals surface area contributed by atoms with Crippen molar-refractivity contribution in [3.05, 3.63) is 0 Å². The second-order valence-corrected chi connectivity index (χ2v) is 13.1. The summed E-state index contributed by atoms with van der Waals surface area (Å²) in [5.41, 5.74) is 0. The van der Waals surface area contributed by atoms with E-state index in [4.69, 9.17) is 5.11 Å². The number of carboxylic acid groups (broad SMARTS) is 1. The quantitative estimate of drug-likeness (QED) is 0.286. The van der Waals surface area contributed by atoms with E-state index in [0.29, 0.717) is 0 Å². The van der Waals surface area contributed by atoms with Crippen molar-refractivity contribution >= 4 is 21.7 Å². The topological polar surface area (TPSA) is 115 Å². The minimum atomic E-state index is -3.83. The van der Waals surface area contributed by atoms with Gasteiger partial charge in [0.15, 0.2) is 9.84 Å². The maximum atomic E-state index is 12.1. The van der Waals surface area contributed by atoms with Gasteiger partial charge in [0.1, 0.15) is 5.37 Å². The van der Waals surface area contributed by atoms with Crippen LogP contribution < -0.4 is 5.11 Å². The Morgan fingerprint density at radius 2 is 1.32 bits per heavy atom. The number of carboxylic acids is 1. The second-order valence-electron chi connectivity index (χ2n) is 10.4. The number of hydrogen-bond donors (Lipinski definition) is 1. The van der Waals surface area contributed by atoms with Crippen LogP contribution >= 0.6 is 0 Å². The zero-order valence-corrected chi connectivity index (χ0v) is 23.0. The predicted octanol–water partition coefficient (Wildman–Crippen LogP) is 2.09. The van der Waals surface area contributed by atoms with Crippen LogP contribution in [0.5, 0.6) is 0 Å². The summed E-state index contributed by atoms with van der Waals surface area (Å²) in [7, 11) is -3.83. The predicted molar refractivity (Wildman–Crippen MR) is 132 cm³/mol. The SMILES string of the molecule is CC1(C)[C@H](C(=O)[O-])N2C(=O)[C@@H](CO)[C@H]2S1(=O)=O.CCCC[N+](CCCC)(CCCC)CCCC. The van der Waals surface area contributed by atoms with E-state index < -0.39 is 50.4 Å². The van der Waals surface area contributed by atoms with E-state index >= 15 is 0 Å². The lowest BCUT2D eigenvalue weighted by molar-refractivity contribution is -0.929. The molecule has 0 aromatic carbocycles. The minimum absolute atomic E-state index is 0.602. The smallest absolute Gasteiger partial charge is 0.232 e. The van der Waals surface area contributed by atoms with Gasteiger partial charge in [0.25, 0.3) is 0 Å². The Labute approximate surface area is 207 Å². The van der Waals surface area contributed by atoms with E-state index in [9.17, 15) is 23.1 Å². The van der Waals surface area contributed by atoms with Crippen LogP contribution in [0.2, 0.25) is 0 Å². The maximum absolute atomic E-state index is 12.1. The van der Waals surface area contributed by atoms with Gasteiger partial charge in [0.2, 0.25) is 5.91 Å². The first-order valence-electron chi connectivity index (χ1n) is 13.1. The summed E-state index contributed by atoms with van der Waals surface area (Å²) in [4.78, 5) is 23.4. The fraction of sp³-hybridized carbons (Fsp3) is 0.920. The summed E-state index contributed by atoms with van der Waals surface area (Å²) in [6, 6.07) is -1.49. The number of amides is 1. The standard InChI is InChI=1S/C16H36N.C9H13NO6S/c1-5-9-13-17(14-10-6-2,15-11-7-3)16-12-8-4;1-9(2)5(8(13)14)10-6(12)4(3-11)7(10)17(9,15)16/h5-16H2,1-4H3;4-5,7,11H,3H2,1-2H3,(H,13,14)/q+1;/p-1/t;4-,5+,7-/m.1/s1. The van der Waals surface area contributed by atoms with Crippen LogP contribution in [0, 0.1) is 5.92 Å². The van der Waals surface area contributed by atoms with Crippen molar-refractivity contribution in [3.63, 3.8) is 0 Å². The molecule has 34 heavy (non-hydrogen) atoms. The van der Waals surface area contributed by atoms with Crippen molar-refractivity contribution in [2.45, 2.75) is 109 Å². The van der Waals surface area contributed by atoms with Gasteiger partial charge >= 0.3 is 0 Å². The van der Waals surface area contributed by atoms with Gasteiger partial charge < -0.3 is 24.4 Å². The molecule has 8 nitrogen and oxygen atoms in total. The Kier molecular flexibility index (Phi) is 12.0. The molecule has 0 bridgehead atoms. The summed E-state index contributed by atoms with van der Waals surface area (Å²) in [6.07, 6.45) is 11.1. The third kappa shape index (κ3) is 6.32. The van der Waals surface area contributed by atoms with Gasteiger partial charge in [-0.1, -0.05) is 53.4 Å². The van der Waals surface area contributed by atoms with Crippen molar-refractivity contribution in [2.24, 2.45) is 5.92 Å². The normalized spacial score (nSPS) is 24.7. The molecule has 0 radical (unpaired) electrons. The number of quaternary nitrogens is 1. The van der Waals surface area contributed by atoms with Crippen LogP contribution in [0.1, 0.15) is 92.9 Å². The number of aliphatic hydroxyl groups is 1. The van der Waals surface area contributed by atoms with Gasteiger partial charge in [-0.3, -0.25) is 4.79 Å². The molecule has 2 aliphatic heterocycles. The molecule has 2 heterocycles. The molecule has 2 fully saturated rings.